The Bertz CT molecular complexity index is 233. The van der Waals surface area contributed by atoms with Crippen molar-refractivity contribution in [1.82, 2.24) is 0 Å². The second-order valence-electron chi connectivity index (χ2n) is 6.00. The van der Waals surface area contributed by atoms with E-state index >= 15 is 0 Å². The SMILES string of the molecule is CCCCCCCCCCC(CC)OC(=O)C1CC1. The smallest absolute Gasteiger partial charge is 0.309 e. The average molecular weight is 268 g/mol. The number of esters is 1. The summed E-state index contributed by atoms with van der Waals surface area (Å²) in [5, 5.41) is 0. The van der Waals surface area contributed by atoms with Crippen LogP contribution >= 0.6 is 0 Å². The monoisotopic (exact) mass is 268 g/mol. The fraction of sp³-hybridized carbons (Fsp3) is 0.941. The Morgan fingerprint density at radius 3 is 2.11 bits per heavy atom. The Balaban J connectivity index is 1.92. The fourth-order valence-electron chi connectivity index (χ4n) is 2.43. The molecule has 0 saturated heterocycles. The van der Waals surface area contributed by atoms with E-state index in [9.17, 15) is 4.79 Å². The van der Waals surface area contributed by atoms with Crippen LogP contribution in [0.2, 0.25) is 0 Å². The zero-order valence-corrected chi connectivity index (χ0v) is 13.0. The van der Waals surface area contributed by atoms with Crippen molar-refractivity contribution >= 4 is 5.97 Å². The van der Waals surface area contributed by atoms with Crippen LogP contribution in [-0.2, 0) is 9.53 Å². The van der Waals surface area contributed by atoms with Gasteiger partial charge < -0.3 is 4.74 Å². The molecule has 0 bridgehead atoms. The predicted octanol–water partition coefficient (Wildman–Crippen LogP) is 5.25. The number of ether oxygens (including phenoxy) is 1. The van der Waals surface area contributed by atoms with Crippen molar-refractivity contribution in [1.29, 1.82) is 0 Å². The number of hydrogen-bond donors (Lipinski definition) is 0. The number of carbonyl (C=O) groups excluding carboxylic acids is 1. The van der Waals surface area contributed by atoms with Gasteiger partial charge in [-0.25, -0.2) is 0 Å². The van der Waals surface area contributed by atoms with E-state index in [1.54, 1.807) is 0 Å². The maximum absolute atomic E-state index is 11.6. The molecule has 1 rings (SSSR count). The zero-order chi connectivity index (χ0) is 13.9. The van der Waals surface area contributed by atoms with Gasteiger partial charge in [0.2, 0.25) is 0 Å². The summed E-state index contributed by atoms with van der Waals surface area (Å²) >= 11 is 0. The normalized spacial score (nSPS) is 16.3. The molecular formula is C17H32O2. The molecule has 112 valence electrons. The highest BCUT2D eigenvalue weighted by Crippen LogP contribution is 2.31. The molecule has 0 aromatic carbocycles. The Morgan fingerprint density at radius 2 is 1.58 bits per heavy atom. The number of unbranched alkanes of at least 4 members (excludes halogenated alkanes) is 7. The van der Waals surface area contributed by atoms with E-state index in [2.05, 4.69) is 13.8 Å². The van der Waals surface area contributed by atoms with Gasteiger partial charge in [0.25, 0.3) is 0 Å². The van der Waals surface area contributed by atoms with Crippen LogP contribution in [0.5, 0.6) is 0 Å². The third-order valence-electron chi connectivity index (χ3n) is 4.03. The van der Waals surface area contributed by atoms with E-state index in [4.69, 9.17) is 4.74 Å². The maximum Gasteiger partial charge on any atom is 0.309 e. The van der Waals surface area contributed by atoms with Gasteiger partial charge >= 0.3 is 5.97 Å². The lowest BCUT2D eigenvalue weighted by Crippen LogP contribution is -2.18. The lowest BCUT2D eigenvalue weighted by molar-refractivity contribution is -0.151. The summed E-state index contributed by atoms with van der Waals surface area (Å²) in [6, 6.07) is 0. The molecule has 2 heteroatoms. The van der Waals surface area contributed by atoms with Crippen LogP contribution < -0.4 is 0 Å². The van der Waals surface area contributed by atoms with Crippen LogP contribution in [0.4, 0.5) is 0 Å². The highest BCUT2D eigenvalue weighted by molar-refractivity contribution is 5.75. The summed E-state index contributed by atoms with van der Waals surface area (Å²) in [6.07, 6.45) is 15.0. The molecule has 0 radical (unpaired) electrons. The van der Waals surface area contributed by atoms with Crippen LogP contribution in [0.3, 0.4) is 0 Å². The van der Waals surface area contributed by atoms with Gasteiger partial charge in [0.1, 0.15) is 6.10 Å². The third kappa shape index (κ3) is 8.28. The van der Waals surface area contributed by atoms with Gasteiger partial charge in [0.05, 0.1) is 5.92 Å². The Morgan fingerprint density at radius 1 is 1.00 bits per heavy atom. The lowest BCUT2D eigenvalue weighted by atomic mass is 10.0. The maximum atomic E-state index is 11.6. The largest absolute Gasteiger partial charge is 0.462 e. The molecule has 2 nitrogen and oxygen atoms in total. The molecule has 1 aliphatic rings. The third-order valence-corrected chi connectivity index (χ3v) is 4.03. The molecule has 0 aromatic rings. The number of carbonyl (C=O) groups is 1. The number of rotatable bonds is 12. The van der Waals surface area contributed by atoms with E-state index < -0.39 is 0 Å². The fourth-order valence-corrected chi connectivity index (χ4v) is 2.43. The molecule has 1 saturated carbocycles. The molecule has 1 aliphatic carbocycles. The molecule has 1 unspecified atom stereocenters. The van der Waals surface area contributed by atoms with Gasteiger partial charge in [-0.05, 0) is 32.1 Å². The molecule has 0 heterocycles. The van der Waals surface area contributed by atoms with Gasteiger partial charge in [-0.3, -0.25) is 4.79 Å². The minimum atomic E-state index is 0.0615. The summed E-state index contributed by atoms with van der Waals surface area (Å²) in [6.45, 7) is 4.38. The second-order valence-corrected chi connectivity index (χ2v) is 6.00. The highest BCUT2D eigenvalue weighted by Gasteiger charge is 2.32. The first-order valence-corrected chi connectivity index (χ1v) is 8.48. The Hall–Kier alpha value is -0.530. The van der Waals surface area contributed by atoms with Gasteiger partial charge in [-0.2, -0.15) is 0 Å². The van der Waals surface area contributed by atoms with E-state index in [-0.39, 0.29) is 18.0 Å². The Kier molecular flexibility index (Phi) is 8.94. The van der Waals surface area contributed by atoms with Crippen LogP contribution in [0.1, 0.15) is 90.9 Å². The van der Waals surface area contributed by atoms with Gasteiger partial charge in [-0.15, -0.1) is 0 Å². The molecule has 0 aromatic heterocycles. The van der Waals surface area contributed by atoms with E-state index in [0.717, 1.165) is 25.7 Å². The van der Waals surface area contributed by atoms with Crippen LogP contribution in [0.15, 0.2) is 0 Å². The molecule has 19 heavy (non-hydrogen) atoms. The van der Waals surface area contributed by atoms with E-state index in [1.807, 2.05) is 0 Å². The van der Waals surface area contributed by atoms with Crippen molar-refractivity contribution < 1.29 is 9.53 Å². The average Bonchev–Trinajstić information content (AvgIpc) is 3.24. The van der Waals surface area contributed by atoms with Crippen molar-refractivity contribution in [2.45, 2.75) is 97.0 Å². The molecule has 0 spiro atoms. The van der Waals surface area contributed by atoms with Crippen LogP contribution in [0, 0.1) is 5.92 Å². The van der Waals surface area contributed by atoms with E-state index in [1.165, 1.54) is 51.4 Å². The lowest BCUT2D eigenvalue weighted by Gasteiger charge is -2.15. The zero-order valence-electron chi connectivity index (χ0n) is 13.0. The van der Waals surface area contributed by atoms with Crippen molar-refractivity contribution in [2.24, 2.45) is 5.92 Å². The topological polar surface area (TPSA) is 26.3 Å². The number of hydrogen-bond acceptors (Lipinski definition) is 2. The van der Waals surface area contributed by atoms with Crippen molar-refractivity contribution in [3.8, 4) is 0 Å². The van der Waals surface area contributed by atoms with Crippen molar-refractivity contribution in [3.05, 3.63) is 0 Å². The quantitative estimate of drug-likeness (QED) is 0.357. The highest BCUT2D eigenvalue weighted by atomic mass is 16.5. The minimum Gasteiger partial charge on any atom is -0.462 e. The summed E-state index contributed by atoms with van der Waals surface area (Å²) in [7, 11) is 0. The molecule has 0 aliphatic heterocycles. The van der Waals surface area contributed by atoms with Crippen LogP contribution in [-0.4, -0.2) is 12.1 Å². The van der Waals surface area contributed by atoms with Gasteiger partial charge in [-0.1, -0.05) is 58.8 Å². The summed E-state index contributed by atoms with van der Waals surface area (Å²) in [5.74, 6) is 0.305. The molecule has 1 atom stereocenters. The van der Waals surface area contributed by atoms with Gasteiger partial charge in [0, 0.05) is 0 Å². The summed E-state index contributed by atoms with van der Waals surface area (Å²) < 4.78 is 5.54. The Labute approximate surface area is 119 Å². The second kappa shape index (κ2) is 10.3. The molecular weight excluding hydrogens is 236 g/mol. The molecule has 0 N–H and O–H groups in total. The van der Waals surface area contributed by atoms with Crippen molar-refractivity contribution in [3.63, 3.8) is 0 Å². The van der Waals surface area contributed by atoms with Gasteiger partial charge in [0.15, 0.2) is 0 Å². The molecule has 0 amide bonds. The molecule has 1 fully saturated rings. The minimum absolute atomic E-state index is 0.0615. The van der Waals surface area contributed by atoms with E-state index in [0.29, 0.717) is 0 Å². The van der Waals surface area contributed by atoms with Crippen molar-refractivity contribution in [2.75, 3.05) is 0 Å². The van der Waals surface area contributed by atoms with Crippen LogP contribution in [0.25, 0.3) is 0 Å². The standard InChI is InChI=1S/C17H32O2/c1-3-5-6-7-8-9-10-11-12-16(4-2)19-17(18)15-13-14-15/h15-16H,3-14H2,1-2H3. The summed E-state index contributed by atoms with van der Waals surface area (Å²) in [4.78, 5) is 11.6. The summed E-state index contributed by atoms with van der Waals surface area (Å²) in [5.41, 5.74) is 0. The first-order valence-electron chi connectivity index (χ1n) is 8.48. The predicted molar refractivity (Wildman–Crippen MR) is 80.1 cm³/mol. The first-order chi connectivity index (χ1) is 9.27. The first kappa shape index (κ1) is 16.5.